The number of imidazole rings is 1. The van der Waals surface area contributed by atoms with Crippen LogP contribution in [-0.2, 0) is 22.7 Å². The molecule has 0 aliphatic rings. The van der Waals surface area contributed by atoms with Crippen LogP contribution in [0.1, 0.15) is 11.4 Å². The van der Waals surface area contributed by atoms with Crippen molar-refractivity contribution in [3.8, 4) is 0 Å². The highest BCUT2D eigenvalue weighted by Crippen LogP contribution is 2.14. The molecule has 2 heterocycles. The van der Waals surface area contributed by atoms with Gasteiger partial charge in [0, 0.05) is 7.05 Å². The van der Waals surface area contributed by atoms with Crippen molar-refractivity contribution in [2.45, 2.75) is 26.2 Å². The number of rotatable bonds is 4. The summed E-state index contributed by atoms with van der Waals surface area (Å²) in [7, 11) is 1.73. The summed E-state index contributed by atoms with van der Waals surface area (Å²) in [5, 5.41) is 17.8. The molecule has 3 rings (SSSR count). The molecule has 0 aliphatic carbocycles. The SMILES string of the molecule is Cc1ccc2nc(CN(C)C(=O)Cn3cnnn3)[nH]c2c1.O=C(O)C(F)(F)F. The molecular weight excluding hydrogens is 383 g/mol. The Morgan fingerprint density at radius 2 is 2.00 bits per heavy atom. The fourth-order valence-corrected chi connectivity index (χ4v) is 2.08. The second-order valence-electron chi connectivity index (χ2n) is 5.76. The number of tetrazole rings is 1. The van der Waals surface area contributed by atoms with Crippen molar-refractivity contribution in [1.82, 2.24) is 35.1 Å². The maximum atomic E-state index is 12.1. The zero-order valence-electron chi connectivity index (χ0n) is 14.8. The van der Waals surface area contributed by atoms with Gasteiger partial charge in [-0.2, -0.15) is 13.2 Å². The van der Waals surface area contributed by atoms with Gasteiger partial charge >= 0.3 is 12.1 Å². The first kappa shape index (κ1) is 20.8. The van der Waals surface area contributed by atoms with Crippen LogP contribution in [0.15, 0.2) is 24.5 Å². The number of fused-ring (bicyclic) bond motifs is 1. The minimum absolute atomic E-state index is 0.0843. The number of H-pyrrole nitrogens is 1. The molecule has 0 spiro atoms. The molecule has 1 aromatic carbocycles. The predicted molar refractivity (Wildman–Crippen MR) is 88.8 cm³/mol. The maximum Gasteiger partial charge on any atom is 0.490 e. The summed E-state index contributed by atoms with van der Waals surface area (Å²) >= 11 is 0. The van der Waals surface area contributed by atoms with Gasteiger partial charge < -0.3 is 15.0 Å². The number of aryl methyl sites for hydroxylation is 1. The van der Waals surface area contributed by atoms with Crippen LogP contribution in [0.4, 0.5) is 13.2 Å². The van der Waals surface area contributed by atoms with Crippen LogP contribution in [0.3, 0.4) is 0 Å². The summed E-state index contributed by atoms with van der Waals surface area (Å²) in [6.07, 6.45) is -3.67. The van der Waals surface area contributed by atoms with Crippen molar-refractivity contribution < 1.29 is 27.9 Å². The Balaban J connectivity index is 0.000000345. The normalized spacial score (nSPS) is 11.0. The summed E-state index contributed by atoms with van der Waals surface area (Å²) in [6.45, 7) is 2.55. The highest BCUT2D eigenvalue weighted by atomic mass is 19.4. The van der Waals surface area contributed by atoms with E-state index in [0.29, 0.717) is 6.54 Å². The Hall–Kier alpha value is -3.51. The van der Waals surface area contributed by atoms with Crippen LogP contribution < -0.4 is 0 Å². The maximum absolute atomic E-state index is 12.1. The number of benzene rings is 1. The third kappa shape index (κ3) is 5.75. The number of halogens is 3. The van der Waals surface area contributed by atoms with Crippen molar-refractivity contribution in [3.05, 3.63) is 35.9 Å². The summed E-state index contributed by atoms with van der Waals surface area (Å²) in [5.74, 6) is -2.09. The molecule has 10 nitrogen and oxygen atoms in total. The van der Waals surface area contributed by atoms with Crippen LogP contribution in [0.25, 0.3) is 11.0 Å². The van der Waals surface area contributed by atoms with E-state index >= 15 is 0 Å². The van der Waals surface area contributed by atoms with E-state index in [-0.39, 0.29) is 12.5 Å². The first-order valence-corrected chi connectivity index (χ1v) is 7.76. The zero-order valence-corrected chi connectivity index (χ0v) is 14.8. The minimum Gasteiger partial charge on any atom is -0.475 e. The molecule has 0 saturated heterocycles. The molecule has 2 N–H and O–H groups in total. The molecule has 0 saturated carbocycles. The van der Waals surface area contributed by atoms with Gasteiger partial charge in [0.25, 0.3) is 0 Å². The number of aliphatic carboxylic acids is 1. The predicted octanol–water partition coefficient (Wildman–Crippen LogP) is 1.15. The van der Waals surface area contributed by atoms with E-state index in [2.05, 4.69) is 25.5 Å². The fraction of sp³-hybridized carbons (Fsp3) is 0.333. The van der Waals surface area contributed by atoms with E-state index in [1.807, 2.05) is 25.1 Å². The summed E-state index contributed by atoms with van der Waals surface area (Å²) < 4.78 is 33.1. The van der Waals surface area contributed by atoms with E-state index in [9.17, 15) is 18.0 Å². The van der Waals surface area contributed by atoms with Gasteiger partial charge in [0.05, 0.1) is 17.6 Å². The number of nitrogens with zero attached hydrogens (tertiary/aromatic N) is 6. The first-order chi connectivity index (χ1) is 13.1. The number of carbonyl (C=O) groups is 2. The van der Waals surface area contributed by atoms with Crippen molar-refractivity contribution in [2.24, 2.45) is 0 Å². The summed E-state index contributed by atoms with van der Waals surface area (Å²) in [6, 6.07) is 6.02. The molecule has 0 bridgehead atoms. The van der Waals surface area contributed by atoms with Crippen LogP contribution in [-0.4, -0.2) is 65.3 Å². The standard InChI is InChI=1S/C13H15N7O.C2HF3O2/c1-9-3-4-10-11(5-9)16-12(15-10)6-19(2)13(21)7-20-8-14-17-18-20;3-2(4,5)1(6)7/h3-5,8H,6-7H2,1-2H3,(H,15,16);(H,6,7). The third-order valence-electron chi connectivity index (χ3n) is 3.43. The van der Waals surface area contributed by atoms with E-state index in [0.717, 1.165) is 16.9 Å². The van der Waals surface area contributed by atoms with Gasteiger partial charge in [0.2, 0.25) is 5.91 Å². The fourth-order valence-electron chi connectivity index (χ4n) is 2.08. The third-order valence-corrected chi connectivity index (χ3v) is 3.43. The van der Waals surface area contributed by atoms with Crippen molar-refractivity contribution in [1.29, 1.82) is 0 Å². The molecule has 1 amide bonds. The van der Waals surface area contributed by atoms with Crippen LogP contribution in [0, 0.1) is 6.92 Å². The number of carbonyl (C=O) groups excluding carboxylic acids is 1. The number of hydrogen-bond acceptors (Lipinski definition) is 6. The van der Waals surface area contributed by atoms with Crippen molar-refractivity contribution >= 4 is 22.9 Å². The van der Waals surface area contributed by atoms with E-state index in [1.54, 1.807) is 11.9 Å². The molecule has 0 fully saturated rings. The molecule has 150 valence electrons. The Bertz CT molecular complexity index is 954. The van der Waals surface area contributed by atoms with Crippen molar-refractivity contribution in [2.75, 3.05) is 7.05 Å². The molecule has 0 radical (unpaired) electrons. The number of aromatic nitrogens is 6. The number of carboxylic acids is 1. The average Bonchev–Trinajstić information content (AvgIpc) is 3.23. The molecule has 0 unspecified atom stereocenters. The summed E-state index contributed by atoms with van der Waals surface area (Å²) in [4.78, 5) is 30.2. The molecule has 3 aromatic rings. The lowest BCUT2D eigenvalue weighted by Gasteiger charge is -2.15. The monoisotopic (exact) mass is 399 g/mol. The topological polar surface area (TPSA) is 130 Å². The Morgan fingerprint density at radius 3 is 2.57 bits per heavy atom. The number of amides is 1. The van der Waals surface area contributed by atoms with Gasteiger partial charge in [-0.25, -0.2) is 14.5 Å². The Kier molecular flexibility index (Phi) is 6.28. The van der Waals surface area contributed by atoms with Gasteiger partial charge in [-0.15, -0.1) is 5.10 Å². The molecule has 13 heteroatoms. The lowest BCUT2D eigenvalue weighted by molar-refractivity contribution is -0.192. The number of aromatic amines is 1. The van der Waals surface area contributed by atoms with E-state index in [4.69, 9.17) is 9.90 Å². The number of carboxylic acid groups (broad SMARTS) is 1. The quantitative estimate of drug-likeness (QED) is 0.673. The number of nitrogens with one attached hydrogen (secondary N) is 1. The minimum atomic E-state index is -5.08. The van der Waals surface area contributed by atoms with Gasteiger partial charge in [-0.05, 0) is 35.0 Å². The first-order valence-electron chi connectivity index (χ1n) is 7.76. The zero-order chi connectivity index (χ0) is 20.9. The molecule has 0 aliphatic heterocycles. The van der Waals surface area contributed by atoms with Gasteiger partial charge in [-0.1, -0.05) is 6.07 Å². The average molecular weight is 399 g/mol. The van der Waals surface area contributed by atoms with Crippen LogP contribution in [0.5, 0.6) is 0 Å². The molecule has 2 aromatic heterocycles. The van der Waals surface area contributed by atoms with Gasteiger partial charge in [0.15, 0.2) is 0 Å². The van der Waals surface area contributed by atoms with Crippen molar-refractivity contribution in [3.63, 3.8) is 0 Å². The second kappa shape index (κ2) is 8.45. The highest BCUT2D eigenvalue weighted by molar-refractivity contribution is 5.77. The number of alkyl halides is 3. The summed E-state index contributed by atoms with van der Waals surface area (Å²) in [5.41, 5.74) is 3.05. The Morgan fingerprint density at radius 1 is 1.32 bits per heavy atom. The molecular formula is C15H16F3N7O3. The van der Waals surface area contributed by atoms with Gasteiger partial charge in [-0.3, -0.25) is 4.79 Å². The van der Waals surface area contributed by atoms with Crippen LogP contribution in [0.2, 0.25) is 0 Å². The Labute approximate surface area is 156 Å². The highest BCUT2D eigenvalue weighted by Gasteiger charge is 2.38. The molecule has 28 heavy (non-hydrogen) atoms. The molecule has 0 atom stereocenters. The van der Waals surface area contributed by atoms with Gasteiger partial charge in [0.1, 0.15) is 18.7 Å². The lowest BCUT2D eigenvalue weighted by atomic mass is 10.2. The van der Waals surface area contributed by atoms with E-state index < -0.39 is 12.1 Å². The lowest BCUT2D eigenvalue weighted by Crippen LogP contribution is -2.30. The second-order valence-corrected chi connectivity index (χ2v) is 5.76. The smallest absolute Gasteiger partial charge is 0.475 e. The largest absolute Gasteiger partial charge is 0.490 e. The number of likely N-dealkylation sites (N-methyl/N-ethyl adjacent to an activating group) is 1. The van der Waals surface area contributed by atoms with E-state index in [1.165, 1.54) is 16.6 Å². The van der Waals surface area contributed by atoms with Crippen LogP contribution >= 0.6 is 0 Å². The number of hydrogen-bond donors (Lipinski definition) is 2.